The molecule has 24 heavy (non-hydrogen) atoms. The summed E-state index contributed by atoms with van der Waals surface area (Å²) in [6.07, 6.45) is -0.548. The van der Waals surface area contributed by atoms with Gasteiger partial charge >= 0.3 is 0 Å². The Balaban J connectivity index is 2.09. The predicted octanol–water partition coefficient (Wildman–Crippen LogP) is 4.01. The largest absolute Gasteiger partial charge is 0.387 e. The number of pyridine rings is 1. The molecule has 3 rings (SSSR count). The lowest BCUT2D eigenvalue weighted by Gasteiger charge is -2.18. The summed E-state index contributed by atoms with van der Waals surface area (Å²) in [4.78, 5) is 6.79. The molecule has 0 radical (unpaired) electrons. The number of rotatable bonds is 5. The molecule has 0 fully saturated rings. The maximum atomic E-state index is 10.6. The molecule has 0 saturated heterocycles. The van der Waals surface area contributed by atoms with Gasteiger partial charge in [-0.2, -0.15) is 0 Å². The third kappa shape index (κ3) is 3.88. The second-order valence-electron chi connectivity index (χ2n) is 6.18. The van der Waals surface area contributed by atoms with Crippen LogP contribution in [0.2, 0.25) is 0 Å². The number of benzene rings is 2. The van der Waals surface area contributed by atoms with E-state index >= 15 is 0 Å². The lowest BCUT2D eigenvalue weighted by Crippen LogP contribution is -2.20. The van der Waals surface area contributed by atoms with Gasteiger partial charge in [0, 0.05) is 17.7 Å². The number of likely N-dealkylation sites (N-methyl/N-ethyl adjacent to an activating group) is 1. The van der Waals surface area contributed by atoms with Gasteiger partial charge in [-0.15, -0.1) is 0 Å². The van der Waals surface area contributed by atoms with E-state index in [1.165, 1.54) is 0 Å². The van der Waals surface area contributed by atoms with Crippen LogP contribution in [0.4, 0.5) is 0 Å². The monoisotopic (exact) mass is 318 g/mol. The number of hydrogen-bond acceptors (Lipinski definition) is 3. The van der Waals surface area contributed by atoms with Crippen LogP contribution in [0.3, 0.4) is 0 Å². The van der Waals surface area contributed by atoms with E-state index in [1.54, 1.807) is 0 Å². The lowest BCUT2D eigenvalue weighted by atomic mass is 10.0. The summed E-state index contributed by atoms with van der Waals surface area (Å²) < 4.78 is 0. The van der Waals surface area contributed by atoms with Gasteiger partial charge in [0.05, 0.1) is 17.5 Å². The first-order valence-corrected chi connectivity index (χ1v) is 8.09. The summed E-state index contributed by atoms with van der Waals surface area (Å²) in [5.74, 6) is 0. The van der Waals surface area contributed by atoms with Gasteiger partial charge in [-0.3, -0.25) is 0 Å². The third-order valence-corrected chi connectivity index (χ3v) is 3.91. The smallest absolute Gasteiger partial charge is 0.0918 e. The summed E-state index contributed by atoms with van der Waals surface area (Å²) in [7, 11) is 3.92. The van der Waals surface area contributed by atoms with Crippen molar-refractivity contribution in [2.24, 2.45) is 0 Å². The molecule has 3 heteroatoms. The predicted molar refractivity (Wildman–Crippen MR) is 98.6 cm³/mol. The van der Waals surface area contributed by atoms with Gasteiger partial charge in [0.1, 0.15) is 0 Å². The normalized spacial score (nSPS) is 12.3. The van der Waals surface area contributed by atoms with E-state index in [-0.39, 0.29) is 0 Å². The van der Waals surface area contributed by atoms with Crippen molar-refractivity contribution in [1.82, 2.24) is 9.88 Å². The van der Waals surface area contributed by atoms with Gasteiger partial charge in [-0.25, -0.2) is 4.98 Å². The Morgan fingerprint density at radius 3 is 1.71 bits per heavy atom. The van der Waals surface area contributed by atoms with Gasteiger partial charge in [-0.05, 0) is 31.8 Å². The molecule has 1 atom stereocenters. The zero-order chi connectivity index (χ0) is 16.9. The molecule has 0 aliphatic rings. The molecule has 1 unspecified atom stereocenters. The standard InChI is InChI=1S/C21H22N2O/c1-23(2)15-21(24)18-13-19(16-9-5-3-6-10-16)22-20(14-18)17-11-7-4-8-12-17/h3-14,21,24H,15H2,1-2H3. The second-order valence-corrected chi connectivity index (χ2v) is 6.18. The first kappa shape index (κ1) is 16.4. The van der Waals surface area contributed by atoms with E-state index in [2.05, 4.69) is 0 Å². The molecular weight excluding hydrogens is 296 g/mol. The summed E-state index contributed by atoms with van der Waals surface area (Å²) in [5, 5.41) is 10.6. The van der Waals surface area contributed by atoms with Crippen LogP contribution in [0.25, 0.3) is 22.5 Å². The van der Waals surface area contributed by atoms with Crippen LogP contribution >= 0.6 is 0 Å². The van der Waals surface area contributed by atoms with Gasteiger partial charge in [-0.1, -0.05) is 60.7 Å². The fourth-order valence-corrected chi connectivity index (χ4v) is 2.71. The molecule has 0 saturated carbocycles. The molecule has 1 aromatic heterocycles. The van der Waals surface area contributed by atoms with Gasteiger partial charge in [0.25, 0.3) is 0 Å². The van der Waals surface area contributed by atoms with E-state index in [0.717, 1.165) is 28.1 Å². The van der Waals surface area contributed by atoms with Crippen molar-refractivity contribution in [3.05, 3.63) is 78.4 Å². The maximum Gasteiger partial charge on any atom is 0.0918 e. The highest BCUT2D eigenvalue weighted by Gasteiger charge is 2.13. The number of nitrogens with zero attached hydrogens (tertiary/aromatic N) is 2. The molecule has 0 amide bonds. The summed E-state index contributed by atoms with van der Waals surface area (Å²) in [6.45, 7) is 0.576. The highest BCUT2D eigenvalue weighted by atomic mass is 16.3. The van der Waals surface area contributed by atoms with Crippen molar-refractivity contribution in [2.45, 2.75) is 6.10 Å². The van der Waals surface area contributed by atoms with Crippen LogP contribution in [0.5, 0.6) is 0 Å². The average Bonchev–Trinajstić information content (AvgIpc) is 2.62. The third-order valence-electron chi connectivity index (χ3n) is 3.91. The fourth-order valence-electron chi connectivity index (χ4n) is 2.71. The molecule has 122 valence electrons. The molecule has 0 spiro atoms. The number of hydrogen-bond donors (Lipinski definition) is 1. The molecule has 1 heterocycles. The van der Waals surface area contributed by atoms with Crippen LogP contribution in [-0.4, -0.2) is 35.6 Å². The zero-order valence-electron chi connectivity index (χ0n) is 14.1. The summed E-state index contributed by atoms with van der Waals surface area (Å²) in [6, 6.07) is 24.1. The molecule has 0 aliphatic carbocycles. The van der Waals surface area contributed by atoms with Crippen molar-refractivity contribution in [1.29, 1.82) is 0 Å². The number of aromatic nitrogens is 1. The van der Waals surface area contributed by atoms with E-state index in [4.69, 9.17) is 4.98 Å². The Labute approximate surface area is 143 Å². The van der Waals surface area contributed by atoms with Crippen molar-refractivity contribution in [2.75, 3.05) is 20.6 Å². The van der Waals surface area contributed by atoms with E-state index < -0.39 is 6.10 Å². The molecule has 3 nitrogen and oxygen atoms in total. The van der Waals surface area contributed by atoms with Gasteiger partial charge in [0.2, 0.25) is 0 Å². The van der Waals surface area contributed by atoms with E-state index in [1.807, 2.05) is 91.8 Å². The minimum Gasteiger partial charge on any atom is -0.387 e. The van der Waals surface area contributed by atoms with Crippen LogP contribution in [0, 0.1) is 0 Å². The average molecular weight is 318 g/mol. The minimum atomic E-state index is -0.548. The maximum absolute atomic E-state index is 10.6. The zero-order valence-corrected chi connectivity index (χ0v) is 14.1. The van der Waals surface area contributed by atoms with Crippen molar-refractivity contribution in [3.8, 4) is 22.5 Å². The SMILES string of the molecule is CN(C)CC(O)c1cc(-c2ccccc2)nc(-c2ccccc2)c1. The van der Waals surface area contributed by atoms with E-state index in [0.29, 0.717) is 6.54 Å². The number of aliphatic hydroxyl groups is 1. The lowest BCUT2D eigenvalue weighted by molar-refractivity contribution is 0.138. The van der Waals surface area contributed by atoms with Crippen LogP contribution in [-0.2, 0) is 0 Å². The Hall–Kier alpha value is -2.49. The highest BCUT2D eigenvalue weighted by Crippen LogP contribution is 2.27. The Morgan fingerprint density at radius 2 is 1.29 bits per heavy atom. The Morgan fingerprint density at radius 1 is 0.833 bits per heavy atom. The quantitative estimate of drug-likeness (QED) is 0.772. The van der Waals surface area contributed by atoms with E-state index in [9.17, 15) is 5.11 Å². The molecule has 3 aromatic rings. The first-order chi connectivity index (χ1) is 11.6. The molecule has 2 aromatic carbocycles. The molecular formula is C21H22N2O. The van der Waals surface area contributed by atoms with Crippen LogP contribution in [0.15, 0.2) is 72.8 Å². The fraction of sp³-hybridized carbons (Fsp3) is 0.190. The Kier molecular flexibility index (Phi) is 5.04. The summed E-state index contributed by atoms with van der Waals surface area (Å²) in [5.41, 5.74) is 4.74. The van der Waals surface area contributed by atoms with Crippen molar-refractivity contribution < 1.29 is 5.11 Å². The Bertz CT molecular complexity index is 728. The minimum absolute atomic E-state index is 0.548. The molecule has 0 bridgehead atoms. The highest BCUT2D eigenvalue weighted by molar-refractivity contribution is 5.67. The summed E-state index contributed by atoms with van der Waals surface area (Å²) >= 11 is 0. The van der Waals surface area contributed by atoms with Crippen molar-refractivity contribution >= 4 is 0 Å². The molecule has 0 aliphatic heterocycles. The first-order valence-electron chi connectivity index (χ1n) is 8.09. The van der Waals surface area contributed by atoms with Crippen LogP contribution in [0.1, 0.15) is 11.7 Å². The van der Waals surface area contributed by atoms with Gasteiger partial charge in [0.15, 0.2) is 0 Å². The van der Waals surface area contributed by atoms with Crippen molar-refractivity contribution in [3.63, 3.8) is 0 Å². The second kappa shape index (κ2) is 7.39. The number of aliphatic hydroxyl groups excluding tert-OH is 1. The van der Waals surface area contributed by atoms with Crippen LogP contribution < -0.4 is 0 Å². The molecule has 1 N–H and O–H groups in total. The van der Waals surface area contributed by atoms with Gasteiger partial charge < -0.3 is 10.0 Å². The topological polar surface area (TPSA) is 36.4 Å².